The molecule has 0 bridgehead atoms. The van der Waals surface area contributed by atoms with Crippen LogP contribution in [-0.4, -0.2) is 32.2 Å². The maximum atomic E-state index is 11.3. The van der Waals surface area contributed by atoms with Gasteiger partial charge >= 0.3 is 11.9 Å². The third-order valence-electron chi connectivity index (χ3n) is 2.03. The van der Waals surface area contributed by atoms with Gasteiger partial charge in [0.05, 0.1) is 20.1 Å². The van der Waals surface area contributed by atoms with Crippen molar-refractivity contribution < 1.29 is 19.1 Å². The molecule has 0 aliphatic heterocycles. The number of carbonyl (C=O) groups excluding carboxylic acids is 2. The lowest BCUT2D eigenvalue weighted by molar-refractivity contribution is -0.147. The number of ether oxygens (including phenoxy) is 2. The van der Waals surface area contributed by atoms with Crippen molar-refractivity contribution in [2.75, 3.05) is 14.2 Å². The van der Waals surface area contributed by atoms with Crippen LogP contribution in [0.3, 0.4) is 0 Å². The van der Waals surface area contributed by atoms with Crippen LogP contribution in [0.15, 0.2) is 12.7 Å². The van der Waals surface area contributed by atoms with Crippen LogP contribution in [0.2, 0.25) is 0 Å². The summed E-state index contributed by atoms with van der Waals surface area (Å²) in [6.45, 7) is 3.52. The highest BCUT2D eigenvalue weighted by molar-refractivity contribution is 5.78. The molecule has 5 heteroatoms. The number of carbonyl (C=O) groups is 2. The second kappa shape index (κ2) is 7.00. The van der Waals surface area contributed by atoms with Crippen molar-refractivity contribution in [3.05, 3.63) is 12.7 Å². The zero-order valence-electron chi connectivity index (χ0n) is 9.06. The Labute approximate surface area is 89.2 Å². The normalized spacial score (nSPS) is 13.8. The van der Waals surface area contributed by atoms with Crippen molar-refractivity contribution in [3.63, 3.8) is 0 Å². The third-order valence-corrected chi connectivity index (χ3v) is 2.03. The summed E-state index contributed by atoms with van der Waals surface area (Å²) in [6.07, 6.45) is 2.22. The van der Waals surface area contributed by atoms with E-state index in [1.807, 2.05) is 0 Å². The van der Waals surface area contributed by atoms with E-state index in [4.69, 9.17) is 5.73 Å². The minimum Gasteiger partial charge on any atom is -0.469 e. The van der Waals surface area contributed by atoms with Gasteiger partial charge in [-0.3, -0.25) is 9.59 Å². The molecule has 0 amide bonds. The maximum absolute atomic E-state index is 11.3. The second-order valence-electron chi connectivity index (χ2n) is 3.11. The van der Waals surface area contributed by atoms with E-state index in [0.717, 1.165) is 0 Å². The van der Waals surface area contributed by atoms with Crippen molar-refractivity contribution in [2.45, 2.75) is 18.9 Å². The highest BCUT2D eigenvalue weighted by Gasteiger charge is 2.24. The molecule has 0 fully saturated rings. The summed E-state index contributed by atoms with van der Waals surface area (Å²) < 4.78 is 9.05. The summed E-state index contributed by atoms with van der Waals surface area (Å²) in [5.41, 5.74) is 5.53. The number of hydrogen-bond donors (Lipinski definition) is 1. The smallest absolute Gasteiger partial charge is 0.322 e. The van der Waals surface area contributed by atoms with Gasteiger partial charge in [0.15, 0.2) is 0 Å². The molecule has 0 aromatic heterocycles. The molecule has 5 nitrogen and oxygen atoms in total. The Bertz CT molecular complexity index is 240. The van der Waals surface area contributed by atoms with E-state index in [1.54, 1.807) is 6.08 Å². The molecular formula is C10H17NO4. The van der Waals surface area contributed by atoms with Crippen LogP contribution in [0.4, 0.5) is 0 Å². The molecule has 0 radical (unpaired) electrons. The lowest BCUT2D eigenvalue weighted by atomic mass is 9.97. The first-order chi connectivity index (χ1) is 7.06. The minimum absolute atomic E-state index is 0.200. The predicted molar refractivity (Wildman–Crippen MR) is 54.9 cm³/mol. The van der Waals surface area contributed by atoms with Gasteiger partial charge in [-0.1, -0.05) is 6.08 Å². The maximum Gasteiger partial charge on any atom is 0.322 e. The average Bonchev–Trinajstić information content (AvgIpc) is 2.26. The molecule has 0 aliphatic rings. The first-order valence-electron chi connectivity index (χ1n) is 4.58. The van der Waals surface area contributed by atoms with Gasteiger partial charge in [0.2, 0.25) is 0 Å². The molecule has 15 heavy (non-hydrogen) atoms. The zero-order valence-corrected chi connectivity index (χ0v) is 9.06. The Morgan fingerprint density at radius 2 is 1.87 bits per heavy atom. The van der Waals surface area contributed by atoms with Crippen LogP contribution in [0.25, 0.3) is 0 Å². The molecule has 0 heterocycles. The highest BCUT2D eigenvalue weighted by Crippen LogP contribution is 2.13. The van der Waals surface area contributed by atoms with Gasteiger partial charge in [-0.15, -0.1) is 6.58 Å². The van der Waals surface area contributed by atoms with Crippen LogP contribution in [0, 0.1) is 5.92 Å². The molecule has 86 valence electrons. The summed E-state index contributed by atoms with van der Waals surface area (Å²) in [7, 11) is 2.55. The van der Waals surface area contributed by atoms with Crippen molar-refractivity contribution in [3.8, 4) is 0 Å². The van der Waals surface area contributed by atoms with E-state index in [0.29, 0.717) is 6.42 Å². The molecule has 0 aliphatic carbocycles. The number of allylic oxidation sites excluding steroid dienone is 1. The van der Waals surface area contributed by atoms with E-state index in [9.17, 15) is 9.59 Å². The molecular weight excluding hydrogens is 198 g/mol. The van der Waals surface area contributed by atoms with Gasteiger partial charge in [-0.05, 0) is 12.8 Å². The van der Waals surface area contributed by atoms with Crippen molar-refractivity contribution in [1.29, 1.82) is 0 Å². The third kappa shape index (κ3) is 4.60. The molecule has 0 aromatic carbocycles. The molecule has 0 aromatic rings. The Kier molecular flexibility index (Phi) is 6.37. The minimum atomic E-state index is -0.806. The first kappa shape index (κ1) is 13.6. The first-order valence-corrected chi connectivity index (χ1v) is 4.58. The number of rotatable bonds is 6. The SMILES string of the molecule is C=CC[C@@H](C[C@H](N)C(=O)OC)C(=O)OC. The summed E-state index contributed by atoms with van der Waals surface area (Å²) >= 11 is 0. The van der Waals surface area contributed by atoms with Gasteiger partial charge in [0, 0.05) is 0 Å². The van der Waals surface area contributed by atoms with Crippen LogP contribution in [-0.2, 0) is 19.1 Å². The lowest BCUT2D eigenvalue weighted by Gasteiger charge is -2.15. The van der Waals surface area contributed by atoms with Gasteiger partial charge in [0.25, 0.3) is 0 Å². The Hall–Kier alpha value is -1.36. The fourth-order valence-corrected chi connectivity index (χ4v) is 1.21. The summed E-state index contributed by atoms with van der Waals surface area (Å²) in [5, 5.41) is 0. The van der Waals surface area contributed by atoms with E-state index in [-0.39, 0.29) is 6.42 Å². The topological polar surface area (TPSA) is 78.6 Å². The molecule has 0 unspecified atom stereocenters. The predicted octanol–water partition coefficient (Wildman–Crippen LogP) is 0.242. The molecule has 0 spiro atoms. The Morgan fingerprint density at radius 1 is 1.33 bits per heavy atom. The second-order valence-corrected chi connectivity index (χ2v) is 3.11. The fraction of sp³-hybridized carbons (Fsp3) is 0.600. The highest BCUT2D eigenvalue weighted by atomic mass is 16.5. The Morgan fingerprint density at radius 3 is 2.27 bits per heavy atom. The van der Waals surface area contributed by atoms with E-state index in [2.05, 4.69) is 16.1 Å². The van der Waals surface area contributed by atoms with Crippen LogP contribution >= 0.6 is 0 Å². The van der Waals surface area contributed by atoms with Gasteiger partial charge in [-0.2, -0.15) is 0 Å². The van der Waals surface area contributed by atoms with Crippen LogP contribution in [0.5, 0.6) is 0 Å². The fourth-order valence-electron chi connectivity index (χ4n) is 1.21. The summed E-state index contributed by atoms with van der Waals surface area (Å²) in [5.74, 6) is -1.37. The van der Waals surface area contributed by atoms with Gasteiger partial charge in [-0.25, -0.2) is 0 Å². The standard InChI is InChI=1S/C10H17NO4/c1-4-5-7(9(12)14-2)6-8(11)10(13)15-3/h4,7-8H,1,5-6,11H2,2-3H3/t7-,8-/m0/s1. The number of esters is 2. The number of methoxy groups -OCH3 is 2. The van der Waals surface area contributed by atoms with E-state index >= 15 is 0 Å². The van der Waals surface area contributed by atoms with E-state index in [1.165, 1.54) is 14.2 Å². The zero-order chi connectivity index (χ0) is 11.8. The molecule has 2 N–H and O–H groups in total. The summed E-state index contributed by atoms with van der Waals surface area (Å²) in [6, 6.07) is -0.806. The lowest BCUT2D eigenvalue weighted by Crippen LogP contribution is -2.35. The average molecular weight is 215 g/mol. The number of hydrogen-bond acceptors (Lipinski definition) is 5. The summed E-state index contributed by atoms with van der Waals surface area (Å²) in [4.78, 5) is 22.3. The monoisotopic (exact) mass is 215 g/mol. The largest absolute Gasteiger partial charge is 0.469 e. The molecule has 0 saturated carbocycles. The van der Waals surface area contributed by atoms with Crippen LogP contribution in [0.1, 0.15) is 12.8 Å². The molecule has 0 rings (SSSR count). The van der Waals surface area contributed by atoms with Gasteiger partial charge < -0.3 is 15.2 Å². The Balaban J connectivity index is 4.33. The van der Waals surface area contributed by atoms with E-state index < -0.39 is 23.9 Å². The number of nitrogens with two attached hydrogens (primary N) is 1. The van der Waals surface area contributed by atoms with Crippen molar-refractivity contribution in [1.82, 2.24) is 0 Å². The van der Waals surface area contributed by atoms with Crippen molar-refractivity contribution in [2.24, 2.45) is 11.7 Å². The molecule has 2 atom stereocenters. The van der Waals surface area contributed by atoms with Crippen LogP contribution < -0.4 is 5.73 Å². The quantitative estimate of drug-likeness (QED) is 0.507. The van der Waals surface area contributed by atoms with Crippen molar-refractivity contribution >= 4 is 11.9 Å². The molecule has 0 saturated heterocycles. The van der Waals surface area contributed by atoms with Gasteiger partial charge in [0.1, 0.15) is 6.04 Å².